The lowest BCUT2D eigenvalue weighted by Crippen LogP contribution is -2.00. The molecule has 0 N–H and O–H groups in total. The predicted octanol–water partition coefficient (Wildman–Crippen LogP) is 3.76. The van der Waals surface area contributed by atoms with Gasteiger partial charge in [0.15, 0.2) is 5.70 Å². The van der Waals surface area contributed by atoms with E-state index in [1.165, 1.54) is 0 Å². The van der Waals surface area contributed by atoms with Gasteiger partial charge in [0, 0.05) is 11.0 Å². The molecule has 3 rings (SSSR count). The van der Waals surface area contributed by atoms with Crippen LogP contribution in [-0.4, -0.2) is 11.9 Å². The number of rotatable bonds is 3. The van der Waals surface area contributed by atoms with E-state index in [-0.39, 0.29) is 0 Å². The Morgan fingerprint density at radius 3 is 2.65 bits per heavy atom. The zero-order valence-electron chi connectivity index (χ0n) is 10.5. The van der Waals surface area contributed by atoms with Crippen LogP contribution in [0.4, 0.5) is 0 Å². The number of nitrogens with zero attached hydrogens (tertiary/aromatic N) is 1. The summed E-state index contributed by atoms with van der Waals surface area (Å²) < 4.78 is 5.11. The highest BCUT2D eigenvalue weighted by Gasteiger charge is 2.21. The van der Waals surface area contributed by atoms with Gasteiger partial charge in [-0.25, -0.2) is 9.79 Å². The molecule has 0 amide bonds. The Labute approximate surface area is 120 Å². The van der Waals surface area contributed by atoms with E-state index in [1.54, 1.807) is 23.5 Å². The van der Waals surface area contributed by atoms with E-state index in [1.807, 2.05) is 53.9 Å². The normalized spacial score (nSPS) is 16.7. The highest BCUT2D eigenvalue weighted by Crippen LogP contribution is 2.19. The van der Waals surface area contributed by atoms with Gasteiger partial charge in [-0.1, -0.05) is 36.4 Å². The van der Waals surface area contributed by atoms with Gasteiger partial charge < -0.3 is 4.74 Å². The van der Waals surface area contributed by atoms with Crippen LogP contribution in [-0.2, 0) is 9.53 Å². The Morgan fingerprint density at radius 2 is 1.90 bits per heavy atom. The van der Waals surface area contributed by atoms with Crippen LogP contribution < -0.4 is 0 Å². The van der Waals surface area contributed by atoms with Gasteiger partial charge in [-0.2, -0.15) is 0 Å². The van der Waals surface area contributed by atoms with Crippen molar-refractivity contribution in [1.82, 2.24) is 0 Å². The minimum Gasteiger partial charge on any atom is -0.403 e. The third-order valence-electron chi connectivity index (χ3n) is 2.68. The number of carbonyl (C=O) groups excluding carboxylic acids is 1. The fourth-order valence-corrected chi connectivity index (χ4v) is 2.39. The number of cyclic esters (lactones) is 1. The van der Waals surface area contributed by atoms with Gasteiger partial charge in [0.2, 0.25) is 5.90 Å². The van der Waals surface area contributed by atoms with Gasteiger partial charge in [0.05, 0.1) is 0 Å². The van der Waals surface area contributed by atoms with Gasteiger partial charge in [0.25, 0.3) is 0 Å². The summed E-state index contributed by atoms with van der Waals surface area (Å²) in [5.41, 5.74) is 1.36. The fraction of sp³-hybridized carbons (Fsp3) is 0. The van der Waals surface area contributed by atoms with Gasteiger partial charge >= 0.3 is 5.97 Å². The molecule has 2 aromatic rings. The van der Waals surface area contributed by atoms with Crippen molar-refractivity contribution in [2.75, 3.05) is 0 Å². The highest BCUT2D eigenvalue weighted by molar-refractivity contribution is 7.10. The molecule has 0 spiro atoms. The second kappa shape index (κ2) is 5.67. The second-order valence-electron chi connectivity index (χ2n) is 4.13. The van der Waals surface area contributed by atoms with Crippen LogP contribution in [0.15, 0.2) is 64.6 Å². The van der Waals surface area contributed by atoms with Crippen molar-refractivity contribution in [1.29, 1.82) is 0 Å². The lowest BCUT2D eigenvalue weighted by molar-refractivity contribution is -0.129. The van der Waals surface area contributed by atoms with Crippen molar-refractivity contribution in [3.63, 3.8) is 0 Å². The first-order valence-corrected chi connectivity index (χ1v) is 6.98. The van der Waals surface area contributed by atoms with Crippen molar-refractivity contribution in [3.05, 3.63) is 70.1 Å². The third-order valence-corrected chi connectivity index (χ3v) is 3.50. The first-order valence-electron chi connectivity index (χ1n) is 6.10. The number of carbonyl (C=O) groups is 1. The van der Waals surface area contributed by atoms with Gasteiger partial charge in [-0.05, 0) is 29.2 Å². The number of aliphatic imine (C=N–C) groups is 1. The maximum atomic E-state index is 11.7. The average Bonchev–Trinajstić information content (AvgIpc) is 3.09. The van der Waals surface area contributed by atoms with E-state index in [0.717, 1.165) is 10.4 Å². The van der Waals surface area contributed by atoms with Gasteiger partial charge in [-0.3, -0.25) is 0 Å². The summed E-state index contributed by atoms with van der Waals surface area (Å²) in [4.78, 5) is 16.9. The molecule has 3 nitrogen and oxygen atoms in total. The quantitative estimate of drug-likeness (QED) is 0.634. The lowest BCUT2D eigenvalue weighted by Gasteiger charge is -1.92. The van der Waals surface area contributed by atoms with Crippen LogP contribution in [0.3, 0.4) is 0 Å². The molecule has 0 aliphatic carbocycles. The molecular formula is C16H11NO2S. The summed E-state index contributed by atoms with van der Waals surface area (Å²) in [5, 5.41) is 1.95. The van der Waals surface area contributed by atoms with E-state index in [9.17, 15) is 4.79 Å². The minimum atomic E-state index is -0.411. The number of hydrogen-bond donors (Lipinski definition) is 0. The number of thiophene rings is 1. The molecule has 20 heavy (non-hydrogen) atoms. The number of ether oxygens (including phenoxy) is 1. The number of hydrogen-bond acceptors (Lipinski definition) is 4. The molecule has 4 heteroatoms. The van der Waals surface area contributed by atoms with Crippen LogP contribution >= 0.6 is 11.3 Å². The second-order valence-corrected chi connectivity index (χ2v) is 5.11. The molecule has 0 atom stereocenters. The summed E-state index contributed by atoms with van der Waals surface area (Å²) in [6, 6.07) is 13.6. The molecule has 98 valence electrons. The van der Waals surface area contributed by atoms with Crippen molar-refractivity contribution in [3.8, 4) is 0 Å². The van der Waals surface area contributed by atoms with Crippen molar-refractivity contribution in [2.24, 2.45) is 4.99 Å². The standard InChI is InChI=1S/C16H11NO2S/c18-16-14(11-13-7-4-10-20-13)17-15(19-16)9-8-12-5-2-1-3-6-12/h1-11H/b9-8+,14-11?. The largest absolute Gasteiger partial charge is 0.403 e. The van der Waals surface area contributed by atoms with Crippen LogP contribution in [0.25, 0.3) is 12.2 Å². The number of esters is 1. The van der Waals surface area contributed by atoms with Gasteiger partial charge in [0.1, 0.15) is 0 Å². The van der Waals surface area contributed by atoms with Crippen LogP contribution in [0.5, 0.6) is 0 Å². The average molecular weight is 281 g/mol. The molecule has 0 saturated carbocycles. The molecule has 2 heterocycles. The molecule has 1 aromatic heterocycles. The Balaban J connectivity index is 1.79. The summed E-state index contributed by atoms with van der Waals surface area (Å²) >= 11 is 1.55. The minimum absolute atomic E-state index is 0.321. The molecule has 1 aliphatic rings. The predicted molar refractivity (Wildman–Crippen MR) is 81.3 cm³/mol. The summed E-state index contributed by atoms with van der Waals surface area (Å²) in [5.74, 6) is -0.0900. The first kappa shape index (κ1) is 12.6. The molecule has 1 aromatic carbocycles. The van der Waals surface area contributed by atoms with Crippen LogP contribution in [0.1, 0.15) is 10.4 Å². The zero-order chi connectivity index (χ0) is 13.8. The van der Waals surface area contributed by atoms with E-state index >= 15 is 0 Å². The Morgan fingerprint density at radius 1 is 1.05 bits per heavy atom. The lowest BCUT2D eigenvalue weighted by atomic mass is 10.2. The van der Waals surface area contributed by atoms with Gasteiger partial charge in [-0.15, -0.1) is 11.3 Å². The van der Waals surface area contributed by atoms with E-state index in [2.05, 4.69) is 4.99 Å². The van der Waals surface area contributed by atoms with E-state index in [0.29, 0.717) is 11.6 Å². The smallest absolute Gasteiger partial charge is 0.363 e. The van der Waals surface area contributed by atoms with E-state index < -0.39 is 5.97 Å². The number of benzene rings is 1. The summed E-state index contributed by atoms with van der Waals surface area (Å²) in [6.07, 6.45) is 5.29. The van der Waals surface area contributed by atoms with E-state index in [4.69, 9.17) is 4.74 Å². The molecule has 0 saturated heterocycles. The third kappa shape index (κ3) is 2.92. The Bertz CT molecular complexity index is 697. The maximum absolute atomic E-state index is 11.7. The monoisotopic (exact) mass is 281 g/mol. The topological polar surface area (TPSA) is 38.7 Å². The van der Waals surface area contributed by atoms with Crippen molar-refractivity contribution >= 4 is 35.4 Å². The van der Waals surface area contributed by atoms with Crippen molar-refractivity contribution in [2.45, 2.75) is 0 Å². The molecule has 0 bridgehead atoms. The summed E-state index contributed by atoms with van der Waals surface area (Å²) in [6.45, 7) is 0. The zero-order valence-corrected chi connectivity index (χ0v) is 11.3. The maximum Gasteiger partial charge on any atom is 0.363 e. The van der Waals surface area contributed by atoms with Crippen molar-refractivity contribution < 1.29 is 9.53 Å². The highest BCUT2D eigenvalue weighted by atomic mass is 32.1. The molecule has 0 fully saturated rings. The van der Waals surface area contributed by atoms with Crippen LogP contribution in [0, 0.1) is 0 Å². The molecular weight excluding hydrogens is 270 g/mol. The Kier molecular flexibility index (Phi) is 3.56. The molecule has 0 radical (unpaired) electrons. The fourth-order valence-electron chi connectivity index (χ4n) is 1.74. The summed E-state index contributed by atoms with van der Waals surface area (Å²) in [7, 11) is 0. The Hall–Kier alpha value is -2.46. The SMILES string of the molecule is O=C1OC(/C=C/c2ccccc2)=NC1=Cc1cccs1. The molecule has 0 unspecified atom stereocenters. The van der Waals surface area contributed by atoms with Crippen LogP contribution in [0.2, 0.25) is 0 Å². The molecule has 1 aliphatic heterocycles. The first-order chi connectivity index (χ1) is 9.81.